The number of alkyl halides is 7. The Hall–Kier alpha value is -1.84. The molecule has 0 unspecified atom stereocenters. The molecule has 1 aromatic carbocycles. The van der Waals surface area contributed by atoms with Crippen LogP contribution in [-0.4, -0.2) is 22.6 Å². The molecular weight excluding hydrogens is 504 g/mol. The normalized spacial score (nSPS) is 12.9. The van der Waals surface area contributed by atoms with Crippen molar-refractivity contribution in [3.63, 3.8) is 0 Å². The molecule has 1 aromatic heterocycles. The number of unbranched alkanes of at least 4 members (excludes halogenated alkanes) is 8. The van der Waals surface area contributed by atoms with Gasteiger partial charge in [-0.3, -0.25) is 0 Å². The zero-order chi connectivity index (χ0) is 26.1. The van der Waals surface area contributed by atoms with Crippen LogP contribution in [0.2, 0.25) is 5.02 Å². The van der Waals surface area contributed by atoms with Crippen LogP contribution in [0.1, 0.15) is 69.8 Å². The summed E-state index contributed by atoms with van der Waals surface area (Å²) in [6, 6.07) is 4.58. The molecule has 2 aromatic rings. The first-order chi connectivity index (χ1) is 16.3. The maximum Gasteiger partial charge on any atom is 0.459 e. The molecule has 0 saturated carbocycles. The number of aromatic nitrogens is 2. The largest absolute Gasteiger partial charge is 0.459 e. The number of rotatable bonds is 15. The molecule has 2 rings (SSSR count). The molecule has 11 heteroatoms. The minimum absolute atomic E-state index is 0.190. The molecule has 0 spiro atoms. The smallest absolute Gasteiger partial charge is 0.237 e. The molecule has 0 aliphatic carbocycles. The van der Waals surface area contributed by atoms with Gasteiger partial charge in [0.05, 0.1) is 11.6 Å². The van der Waals surface area contributed by atoms with Crippen LogP contribution in [0.25, 0.3) is 0 Å². The third-order valence-electron chi connectivity index (χ3n) is 5.87. The zero-order valence-electron chi connectivity index (χ0n) is 19.2. The zero-order valence-corrected chi connectivity index (χ0v) is 20.0. The van der Waals surface area contributed by atoms with Crippen LogP contribution in [0.4, 0.5) is 35.1 Å². The Morgan fingerprint density at radius 1 is 0.800 bits per heavy atom. The Balaban J connectivity index is 1.52. The summed E-state index contributed by atoms with van der Waals surface area (Å²) in [5.41, 5.74) is 0.435. The maximum atomic E-state index is 13.9. The summed E-state index contributed by atoms with van der Waals surface area (Å²) in [5.74, 6) is -11.4. The highest BCUT2D eigenvalue weighted by Gasteiger charge is 2.72. The summed E-state index contributed by atoms with van der Waals surface area (Å²) in [6.07, 6.45) is 3.63. The van der Waals surface area contributed by atoms with Gasteiger partial charge in [0, 0.05) is 12.0 Å². The minimum Gasteiger partial charge on any atom is -0.237 e. The van der Waals surface area contributed by atoms with Gasteiger partial charge in [-0.25, -0.2) is 13.5 Å². The van der Waals surface area contributed by atoms with Crippen LogP contribution in [0.15, 0.2) is 36.9 Å². The summed E-state index contributed by atoms with van der Waals surface area (Å²) in [5, 5.41) is 0.381. The highest BCUT2D eigenvalue weighted by Crippen LogP contribution is 2.48. The van der Waals surface area contributed by atoms with Crippen molar-refractivity contribution in [3.05, 3.63) is 53.3 Å². The minimum atomic E-state index is -6.26. The summed E-state index contributed by atoms with van der Waals surface area (Å²) in [4.78, 5) is 0. The van der Waals surface area contributed by atoms with E-state index in [9.17, 15) is 35.1 Å². The number of nitrogens with zero attached hydrogens (tertiary/aromatic N) is 2. The first-order valence-electron chi connectivity index (χ1n) is 11.7. The van der Waals surface area contributed by atoms with Gasteiger partial charge in [0.25, 0.3) is 0 Å². The third kappa shape index (κ3) is 8.65. The predicted octanol–water partition coefficient (Wildman–Crippen LogP) is 8.35. The van der Waals surface area contributed by atoms with Crippen LogP contribution in [0.3, 0.4) is 0 Å². The Bertz CT molecular complexity index is 891. The molecule has 0 N–H and O–H groups in total. The van der Waals surface area contributed by atoms with E-state index >= 15 is 0 Å². The SMILES string of the molecule is Fc1cccc(Cl)c1C[n+]1ccn(CCCCCCCCCCCC(F)(F)C(F)(F)C(F)(F)F)c1. The second kappa shape index (κ2) is 12.9. The van der Waals surface area contributed by atoms with Gasteiger partial charge in [0.1, 0.15) is 24.8 Å². The quantitative estimate of drug-likeness (QED) is 0.124. The molecule has 35 heavy (non-hydrogen) atoms. The van der Waals surface area contributed by atoms with Gasteiger partial charge >= 0.3 is 18.0 Å². The average molecular weight is 534 g/mol. The number of hydrogen-bond donors (Lipinski definition) is 0. The lowest BCUT2D eigenvalue weighted by Gasteiger charge is -2.28. The van der Waals surface area contributed by atoms with Gasteiger partial charge in [-0.1, -0.05) is 56.2 Å². The van der Waals surface area contributed by atoms with Crippen molar-refractivity contribution in [1.29, 1.82) is 0 Å². The number of hydrogen-bond acceptors (Lipinski definition) is 0. The summed E-state index contributed by atoms with van der Waals surface area (Å²) in [6.45, 7) is 1.13. The fraction of sp³-hybridized carbons (Fsp3) is 0.625. The first kappa shape index (κ1) is 29.4. The standard InChI is InChI=1S/C24H30ClF8N2/c25-20-11-10-12-21(26)19(20)17-35-16-15-34(18-35)14-9-7-5-3-1-2-4-6-8-13-22(27,28)23(29,30)24(31,32)33/h10-12,15-16,18H,1-9,13-14,17H2/q+1. The topological polar surface area (TPSA) is 8.81 Å². The van der Waals surface area contributed by atoms with Gasteiger partial charge in [0.15, 0.2) is 0 Å². The van der Waals surface area contributed by atoms with Crippen LogP contribution in [-0.2, 0) is 13.1 Å². The van der Waals surface area contributed by atoms with E-state index in [1.807, 2.05) is 27.9 Å². The van der Waals surface area contributed by atoms with Crippen molar-refractivity contribution in [3.8, 4) is 0 Å². The van der Waals surface area contributed by atoms with Crippen molar-refractivity contribution in [2.24, 2.45) is 0 Å². The van der Waals surface area contributed by atoms with Crippen molar-refractivity contribution >= 4 is 11.6 Å². The van der Waals surface area contributed by atoms with Crippen molar-refractivity contribution in [2.45, 2.75) is 95.3 Å². The second-order valence-electron chi connectivity index (χ2n) is 8.73. The Kier molecular flexibility index (Phi) is 10.9. The molecule has 0 aliphatic rings. The first-order valence-corrected chi connectivity index (χ1v) is 12.0. The van der Waals surface area contributed by atoms with Crippen LogP contribution < -0.4 is 4.57 Å². The fourth-order valence-electron chi connectivity index (χ4n) is 3.77. The number of benzene rings is 1. The monoisotopic (exact) mass is 533 g/mol. The second-order valence-corrected chi connectivity index (χ2v) is 9.14. The number of aryl methyl sites for hydroxylation is 1. The van der Waals surface area contributed by atoms with Gasteiger partial charge in [0.2, 0.25) is 6.33 Å². The van der Waals surface area contributed by atoms with Gasteiger partial charge in [-0.2, -0.15) is 30.7 Å². The molecule has 0 fully saturated rings. The van der Waals surface area contributed by atoms with Gasteiger partial charge in [-0.05, 0) is 31.4 Å². The highest BCUT2D eigenvalue weighted by atomic mass is 35.5. The molecular formula is C24H30ClF8N2+. The van der Waals surface area contributed by atoms with Crippen LogP contribution >= 0.6 is 11.6 Å². The van der Waals surface area contributed by atoms with Crippen molar-refractivity contribution < 1.29 is 39.7 Å². The van der Waals surface area contributed by atoms with E-state index < -0.39 is 24.4 Å². The Labute approximate surface area is 204 Å². The molecule has 0 atom stereocenters. The fourth-order valence-corrected chi connectivity index (χ4v) is 4.00. The third-order valence-corrected chi connectivity index (χ3v) is 6.23. The average Bonchev–Trinajstić information content (AvgIpc) is 3.21. The van der Waals surface area contributed by atoms with E-state index in [0.717, 1.165) is 45.1 Å². The van der Waals surface area contributed by atoms with E-state index in [0.29, 0.717) is 23.6 Å². The van der Waals surface area contributed by atoms with Gasteiger partial charge < -0.3 is 0 Å². The summed E-state index contributed by atoms with van der Waals surface area (Å²) in [7, 11) is 0. The summed E-state index contributed by atoms with van der Waals surface area (Å²) >= 11 is 6.06. The van der Waals surface area contributed by atoms with E-state index in [4.69, 9.17) is 11.6 Å². The Morgan fingerprint density at radius 3 is 1.94 bits per heavy atom. The molecule has 0 amide bonds. The van der Waals surface area contributed by atoms with Crippen molar-refractivity contribution in [1.82, 2.24) is 4.57 Å². The summed E-state index contributed by atoms with van der Waals surface area (Å²) < 4.78 is 106. The predicted molar refractivity (Wildman–Crippen MR) is 117 cm³/mol. The lowest BCUT2D eigenvalue weighted by Crippen LogP contribution is -2.51. The molecule has 0 saturated heterocycles. The van der Waals surface area contributed by atoms with Gasteiger partial charge in [-0.15, -0.1) is 0 Å². The molecule has 2 nitrogen and oxygen atoms in total. The maximum absolute atomic E-state index is 13.9. The Morgan fingerprint density at radius 2 is 1.37 bits per heavy atom. The number of imidazole rings is 1. The van der Waals surface area contributed by atoms with Crippen molar-refractivity contribution in [2.75, 3.05) is 0 Å². The van der Waals surface area contributed by atoms with Crippen LogP contribution in [0, 0.1) is 5.82 Å². The van der Waals surface area contributed by atoms with E-state index in [-0.39, 0.29) is 18.7 Å². The van der Waals surface area contributed by atoms with E-state index in [1.165, 1.54) is 6.07 Å². The number of halogens is 9. The lowest BCUT2D eigenvalue weighted by molar-refractivity contribution is -0.688. The molecule has 0 bridgehead atoms. The van der Waals surface area contributed by atoms with E-state index in [2.05, 4.69) is 0 Å². The molecule has 1 heterocycles. The lowest BCUT2D eigenvalue weighted by atomic mass is 10.0. The highest BCUT2D eigenvalue weighted by molar-refractivity contribution is 6.31. The molecule has 0 radical (unpaired) electrons. The molecule has 198 valence electrons. The molecule has 0 aliphatic heterocycles. The van der Waals surface area contributed by atoms with E-state index in [1.54, 1.807) is 12.1 Å². The van der Waals surface area contributed by atoms with Crippen LogP contribution in [0.5, 0.6) is 0 Å².